The minimum atomic E-state index is -3.57. The Labute approximate surface area is 114 Å². The molecule has 0 amide bonds. The fourth-order valence-corrected chi connectivity index (χ4v) is 2.29. The lowest BCUT2D eigenvalue weighted by Crippen LogP contribution is -2.29. The number of nitrogens with one attached hydrogen (secondary N) is 1. The molecule has 0 bridgehead atoms. The fourth-order valence-electron chi connectivity index (χ4n) is 1.05. The molecule has 0 saturated heterocycles. The molecule has 0 atom stereocenters. The molecule has 0 aliphatic carbocycles. The van der Waals surface area contributed by atoms with E-state index in [1.165, 1.54) is 26.2 Å². The summed E-state index contributed by atoms with van der Waals surface area (Å²) < 4.78 is 27.2. The minimum absolute atomic E-state index is 0.0577. The average Bonchev–Trinajstić information content (AvgIpc) is 2.30. The normalized spacial score (nSPS) is 12.8. The van der Waals surface area contributed by atoms with Gasteiger partial charge in [0, 0.05) is 24.1 Å². The van der Waals surface area contributed by atoms with Gasteiger partial charge >= 0.3 is 10.2 Å². The Morgan fingerprint density at radius 2 is 2.11 bits per heavy atom. The molecule has 0 heterocycles. The molecular formula is C9H13BrN4O3S. The third-order valence-corrected chi connectivity index (χ3v) is 4.19. The third-order valence-electron chi connectivity index (χ3n) is 2.09. The van der Waals surface area contributed by atoms with Crippen LogP contribution >= 0.6 is 15.9 Å². The summed E-state index contributed by atoms with van der Waals surface area (Å²) in [6, 6.07) is 4.59. The summed E-state index contributed by atoms with van der Waals surface area (Å²) in [4.78, 5) is 0. The molecule has 1 rings (SSSR count). The van der Waals surface area contributed by atoms with E-state index in [1.54, 1.807) is 6.07 Å². The van der Waals surface area contributed by atoms with Crippen molar-refractivity contribution in [3.63, 3.8) is 0 Å². The first-order chi connectivity index (χ1) is 8.27. The molecule has 0 fully saturated rings. The molecule has 0 unspecified atom stereocenters. The van der Waals surface area contributed by atoms with E-state index in [1.807, 2.05) is 0 Å². The highest BCUT2D eigenvalue weighted by Crippen LogP contribution is 2.24. The lowest BCUT2D eigenvalue weighted by atomic mass is 10.2. The largest absolute Gasteiger partial charge is 0.409 e. The van der Waals surface area contributed by atoms with Crippen LogP contribution in [0.5, 0.6) is 0 Å². The molecule has 0 aromatic heterocycles. The van der Waals surface area contributed by atoms with E-state index in [0.717, 1.165) is 4.31 Å². The Hall–Kier alpha value is -1.32. The van der Waals surface area contributed by atoms with Crippen LogP contribution in [0, 0.1) is 0 Å². The van der Waals surface area contributed by atoms with Crippen LogP contribution < -0.4 is 10.5 Å². The third kappa shape index (κ3) is 3.34. The van der Waals surface area contributed by atoms with Crippen molar-refractivity contribution in [2.75, 3.05) is 18.8 Å². The number of rotatable bonds is 4. The fraction of sp³-hybridized carbons (Fsp3) is 0.222. The van der Waals surface area contributed by atoms with Gasteiger partial charge in [0.2, 0.25) is 0 Å². The number of nitrogens with two attached hydrogens (primary N) is 1. The van der Waals surface area contributed by atoms with E-state index in [9.17, 15) is 8.42 Å². The van der Waals surface area contributed by atoms with E-state index in [0.29, 0.717) is 15.7 Å². The summed E-state index contributed by atoms with van der Waals surface area (Å²) in [5.74, 6) is -0.0577. The highest BCUT2D eigenvalue weighted by atomic mass is 79.9. The second-order valence-corrected chi connectivity index (χ2v) is 6.31. The van der Waals surface area contributed by atoms with Crippen molar-refractivity contribution in [2.24, 2.45) is 10.9 Å². The van der Waals surface area contributed by atoms with E-state index in [-0.39, 0.29) is 5.84 Å². The molecule has 9 heteroatoms. The maximum absolute atomic E-state index is 11.6. The molecule has 0 radical (unpaired) electrons. The summed E-state index contributed by atoms with van der Waals surface area (Å²) in [5, 5.41) is 11.4. The standard InChI is InChI=1S/C9H13BrN4O3S/c1-14(2)18(16,17)13-8-4-3-6(5-7(8)10)9(11)12-15/h3-5,13,15H,1-2H3,(H2,11,12). The SMILES string of the molecule is CN(C)S(=O)(=O)Nc1ccc(/C(N)=N/O)cc1Br. The van der Waals surface area contributed by atoms with Crippen LogP contribution in [0.15, 0.2) is 27.8 Å². The van der Waals surface area contributed by atoms with Crippen LogP contribution in [0.4, 0.5) is 5.69 Å². The zero-order valence-corrected chi connectivity index (χ0v) is 12.2. The zero-order chi connectivity index (χ0) is 13.9. The first kappa shape index (κ1) is 14.7. The number of amidine groups is 1. The molecule has 0 spiro atoms. The van der Waals surface area contributed by atoms with Crippen molar-refractivity contribution in [1.82, 2.24) is 4.31 Å². The van der Waals surface area contributed by atoms with Crippen molar-refractivity contribution < 1.29 is 13.6 Å². The highest BCUT2D eigenvalue weighted by molar-refractivity contribution is 9.10. The van der Waals surface area contributed by atoms with Gasteiger partial charge in [-0.15, -0.1) is 0 Å². The maximum Gasteiger partial charge on any atom is 0.301 e. The van der Waals surface area contributed by atoms with Gasteiger partial charge in [-0.3, -0.25) is 4.72 Å². The zero-order valence-electron chi connectivity index (χ0n) is 9.75. The smallest absolute Gasteiger partial charge is 0.301 e. The second kappa shape index (κ2) is 5.55. The van der Waals surface area contributed by atoms with Gasteiger partial charge in [0.15, 0.2) is 5.84 Å². The number of nitrogens with zero attached hydrogens (tertiary/aromatic N) is 2. The summed E-state index contributed by atoms with van der Waals surface area (Å²) in [6.07, 6.45) is 0. The van der Waals surface area contributed by atoms with Crippen LogP contribution in [0.1, 0.15) is 5.56 Å². The Morgan fingerprint density at radius 1 is 1.50 bits per heavy atom. The number of anilines is 1. The first-order valence-electron chi connectivity index (χ1n) is 4.75. The Morgan fingerprint density at radius 3 is 2.56 bits per heavy atom. The Kier molecular flexibility index (Phi) is 4.54. The van der Waals surface area contributed by atoms with Gasteiger partial charge in [-0.25, -0.2) is 0 Å². The predicted molar refractivity (Wildman–Crippen MR) is 72.9 cm³/mol. The topological polar surface area (TPSA) is 108 Å². The van der Waals surface area contributed by atoms with Crippen molar-refractivity contribution in [2.45, 2.75) is 0 Å². The molecule has 0 aliphatic rings. The van der Waals surface area contributed by atoms with Gasteiger partial charge in [-0.2, -0.15) is 12.7 Å². The van der Waals surface area contributed by atoms with Crippen molar-refractivity contribution in [1.29, 1.82) is 0 Å². The number of benzene rings is 1. The van der Waals surface area contributed by atoms with Crippen molar-refractivity contribution >= 4 is 37.7 Å². The van der Waals surface area contributed by atoms with Gasteiger partial charge in [-0.1, -0.05) is 5.16 Å². The number of halogens is 1. The molecular weight excluding hydrogens is 324 g/mol. The van der Waals surface area contributed by atoms with Gasteiger partial charge in [0.05, 0.1) is 5.69 Å². The highest BCUT2D eigenvalue weighted by Gasteiger charge is 2.15. The number of oxime groups is 1. The van der Waals surface area contributed by atoms with Crippen LogP contribution in [-0.2, 0) is 10.2 Å². The van der Waals surface area contributed by atoms with Crippen LogP contribution in [0.2, 0.25) is 0 Å². The minimum Gasteiger partial charge on any atom is -0.409 e. The quantitative estimate of drug-likeness (QED) is 0.326. The summed E-state index contributed by atoms with van der Waals surface area (Å²) in [5.41, 5.74) is 6.25. The molecule has 1 aromatic carbocycles. The van der Waals surface area contributed by atoms with Gasteiger partial charge < -0.3 is 10.9 Å². The number of hydrogen-bond donors (Lipinski definition) is 3. The van der Waals surface area contributed by atoms with Crippen molar-refractivity contribution in [3.05, 3.63) is 28.2 Å². The molecule has 100 valence electrons. The Bertz CT molecular complexity index is 571. The maximum atomic E-state index is 11.6. The summed E-state index contributed by atoms with van der Waals surface area (Å²) in [7, 11) is -0.735. The predicted octanol–water partition coefficient (Wildman–Crippen LogP) is 0.762. The molecule has 18 heavy (non-hydrogen) atoms. The van der Waals surface area contributed by atoms with Gasteiger partial charge in [-0.05, 0) is 34.1 Å². The van der Waals surface area contributed by atoms with E-state index in [2.05, 4.69) is 25.8 Å². The van der Waals surface area contributed by atoms with Crippen LogP contribution in [0.25, 0.3) is 0 Å². The van der Waals surface area contributed by atoms with Crippen molar-refractivity contribution in [3.8, 4) is 0 Å². The average molecular weight is 337 g/mol. The van der Waals surface area contributed by atoms with E-state index >= 15 is 0 Å². The Balaban J connectivity index is 3.08. The van der Waals surface area contributed by atoms with E-state index in [4.69, 9.17) is 10.9 Å². The van der Waals surface area contributed by atoms with Gasteiger partial charge in [0.1, 0.15) is 0 Å². The molecule has 0 saturated carbocycles. The summed E-state index contributed by atoms with van der Waals surface area (Å²) in [6.45, 7) is 0. The molecule has 0 aliphatic heterocycles. The molecule has 1 aromatic rings. The lowest BCUT2D eigenvalue weighted by Gasteiger charge is -2.14. The van der Waals surface area contributed by atoms with Crippen LogP contribution in [0.3, 0.4) is 0 Å². The van der Waals surface area contributed by atoms with E-state index < -0.39 is 10.2 Å². The van der Waals surface area contributed by atoms with Gasteiger partial charge in [0.25, 0.3) is 0 Å². The summed E-state index contributed by atoms with van der Waals surface area (Å²) >= 11 is 3.21. The molecule has 4 N–H and O–H groups in total. The first-order valence-corrected chi connectivity index (χ1v) is 6.99. The number of hydrogen-bond acceptors (Lipinski definition) is 4. The van der Waals surface area contributed by atoms with Crippen LogP contribution in [-0.4, -0.2) is 37.9 Å². The molecule has 7 nitrogen and oxygen atoms in total. The second-order valence-electron chi connectivity index (χ2n) is 3.57. The monoisotopic (exact) mass is 336 g/mol. The lowest BCUT2D eigenvalue weighted by molar-refractivity contribution is 0.318.